The Morgan fingerprint density at radius 2 is 1.88 bits per heavy atom. The minimum absolute atomic E-state index is 0.228. The lowest BCUT2D eigenvalue weighted by molar-refractivity contribution is -0.123. The molecule has 0 aliphatic carbocycles. The fraction of sp³-hybridized carbons (Fsp3) is 0.300. The summed E-state index contributed by atoms with van der Waals surface area (Å²) in [4.78, 5) is 24.1. The number of ether oxygens (including phenoxy) is 2. The van der Waals surface area contributed by atoms with E-state index in [1.54, 1.807) is 18.2 Å². The van der Waals surface area contributed by atoms with E-state index in [1.165, 1.54) is 0 Å². The summed E-state index contributed by atoms with van der Waals surface area (Å²) in [7, 11) is 0. The zero-order valence-electron chi connectivity index (χ0n) is 15.1. The Labute approximate surface area is 152 Å². The molecule has 136 valence electrons. The minimum atomic E-state index is -0.457. The zero-order chi connectivity index (χ0) is 18.7. The molecular formula is C20H22N2O4. The largest absolute Gasteiger partial charge is 0.483 e. The number of carbonyl (C=O) groups excluding carboxylic acids is 2. The van der Waals surface area contributed by atoms with Crippen LogP contribution in [0.2, 0.25) is 0 Å². The van der Waals surface area contributed by atoms with Gasteiger partial charge < -0.3 is 9.47 Å². The van der Waals surface area contributed by atoms with E-state index >= 15 is 0 Å². The highest BCUT2D eigenvalue weighted by atomic mass is 16.5. The molecular weight excluding hydrogens is 332 g/mol. The standard InChI is InChI=1S/C20H22N2O4/c1-13-7-4-5-9-15(13)19(24)22-21-17(23)12-25-16-10-6-8-14-11-20(2,3)26-18(14)16/h4-10H,11-12H2,1-3H3,(H,21,23)(H,22,24). The number of hydrogen-bond donors (Lipinski definition) is 2. The maximum Gasteiger partial charge on any atom is 0.276 e. The summed E-state index contributed by atoms with van der Waals surface area (Å²) >= 11 is 0. The van der Waals surface area contributed by atoms with E-state index in [2.05, 4.69) is 10.9 Å². The van der Waals surface area contributed by atoms with Gasteiger partial charge in [-0.1, -0.05) is 30.3 Å². The van der Waals surface area contributed by atoms with Crippen molar-refractivity contribution in [3.05, 3.63) is 59.2 Å². The molecule has 0 atom stereocenters. The highest BCUT2D eigenvalue weighted by Crippen LogP contribution is 2.41. The highest BCUT2D eigenvalue weighted by molar-refractivity contribution is 5.96. The van der Waals surface area contributed by atoms with Crippen LogP contribution in [0.5, 0.6) is 11.5 Å². The van der Waals surface area contributed by atoms with E-state index in [0.717, 1.165) is 17.5 Å². The van der Waals surface area contributed by atoms with Gasteiger partial charge in [0.15, 0.2) is 18.1 Å². The molecule has 2 N–H and O–H groups in total. The topological polar surface area (TPSA) is 76.7 Å². The Balaban J connectivity index is 1.54. The van der Waals surface area contributed by atoms with Crippen LogP contribution in [-0.4, -0.2) is 24.0 Å². The molecule has 0 unspecified atom stereocenters. The molecule has 0 saturated heterocycles. The van der Waals surface area contributed by atoms with Crippen LogP contribution >= 0.6 is 0 Å². The fourth-order valence-electron chi connectivity index (χ4n) is 2.90. The molecule has 3 rings (SSSR count). The van der Waals surface area contributed by atoms with E-state index in [9.17, 15) is 9.59 Å². The maximum atomic E-state index is 12.1. The zero-order valence-corrected chi connectivity index (χ0v) is 15.1. The molecule has 0 radical (unpaired) electrons. The second kappa shape index (κ2) is 7.07. The lowest BCUT2D eigenvalue weighted by atomic mass is 10.0. The molecule has 1 heterocycles. The summed E-state index contributed by atoms with van der Waals surface area (Å²) in [5.74, 6) is 0.367. The van der Waals surface area contributed by atoms with Crippen LogP contribution in [0, 0.1) is 6.92 Å². The fourth-order valence-corrected chi connectivity index (χ4v) is 2.90. The monoisotopic (exact) mass is 354 g/mol. The van der Waals surface area contributed by atoms with Gasteiger partial charge in [-0.05, 0) is 38.5 Å². The van der Waals surface area contributed by atoms with Gasteiger partial charge in [0.1, 0.15) is 5.60 Å². The molecule has 2 amide bonds. The van der Waals surface area contributed by atoms with Crippen LogP contribution in [0.3, 0.4) is 0 Å². The summed E-state index contributed by atoms with van der Waals surface area (Å²) in [5.41, 5.74) is 6.85. The van der Waals surface area contributed by atoms with E-state index < -0.39 is 5.91 Å². The second-order valence-electron chi connectivity index (χ2n) is 6.89. The number of amides is 2. The molecule has 0 spiro atoms. The first-order valence-electron chi connectivity index (χ1n) is 8.44. The van der Waals surface area contributed by atoms with Gasteiger partial charge >= 0.3 is 0 Å². The molecule has 1 aliphatic rings. The van der Waals surface area contributed by atoms with Crippen molar-refractivity contribution >= 4 is 11.8 Å². The van der Waals surface area contributed by atoms with Crippen molar-refractivity contribution in [2.75, 3.05) is 6.61 Å². The van der Waals surface area contributed by atoms with E-state index in [-0.39, 0.29) is 18.1 Å². The second-order valence-corrected chi connectivity index (χ2v) is 6.89. The van der Waals surface area contributed by atoms with E-state index in [4.69, 9.17) is 9.47 Å². The van der Waals surface area contributed by atoms with Crippen LogP contribution < -0.4 is 20.3 Å². The van der Waals surface area contributed by atoms with Gasteiger partial charge in [-0.25, -0.2) is 0 Å². The van der Waals surface area contributed by atoms with E-state index in [0.29, 0.717) is 17.1 Å². The van der Waals surface area contributed by atoms with Crippen molar-refractivity contribution in [1.82, 2.24) is 10.9 Å². The van der Waals surface area contributed by atoms with Crippen LogP contribution in [0.4, 0.5) is 0 Å². The number of hydrazine groups is 1. The summed E-state index contributed by atoms with van der Waals surface area (Å²) in [6, 6.07) is 12.8. The maximum absolute atomic E-state index is 12.1. The number of aryl methyl sites for hydroxylation is 1. The number of rotatable bonds is 4. The average Bonchev–Trinajstić information content (AvgIpc) is 2.92. The summed E-state index contributed by atoms with van der Waals surface area (Å²) < 4.78 is 11.5. The third-order valence-electron chi connectivity index (χ3n) is 4.12. The molecule has 0 bridgehead atoms. The van der Waals surface area contributed by atoms with Crippen molar-refractivity contribution in [2.45, 2.75) is 32.8 Å². The smallest absolute Gasteiger partial charge is 0.276 e. The van der Waals surface area contributed by atoms with Crippen LogP contribution in [0.25, 0.3) is 0 Å². The lowest BCUT2D eigenvalue weighted by Gasteiger charge is -2.18. The van der Waals surface area contributed by atoms with Crippen molar-refractivity contribution in [2.24, 2.45) is 0 Å². The quantitative estimate of drug-likeness (QED) is 0.828. The number of carbonyl (C=O) groups is 2. The number of benzene rings is 2. The Morgan fingerprint density at radius 3 is 2.65 bits per heavy atom. The van der Waals surface area contributed by atoms with Gasteiger partial charge in [0.05, 0.1) is 0 Å². The molecule has 2 aromatic rings. The Kier molecular flexibility index (Phi) is 4.84. The first-order valence-corrected chi connectivity index (χ1v) is 8.44. The SMILES string of the molecule is Cc1ccccc1C(=O)NNC(=O)COc1cccc2c1OC(C)(C)C2. The van der Waals surface area contributed by atoms with Gasteiger partial charge in [-0.2, -0.15) is 0 Å². The van der Waals surface area contributed by atoms with Gasteiger partial charge in [-0.3, -0.25) is 20.4 Å². The average molecular weight is 354 g/mol. The molecule has 26 heavy (non-hydrogen) atoms. The normalized spacial score (nSPS) is 14.1. The molecule has 6 nitrogen and oxygen atoms in total. The van der Waals surface area contributed by atoms with E-state index in [1.807, 2.05) is 45.0 Å². The Morgan fingerprint density at radius 1 is 1.12 bits per heavy atom. The summed E-state index contributed by atoms with van der Waals surface area (Å²) in [5, 5.41) is 0. The number of hydrogen-bond acceptors (Lipinski definition) is 4. The molecule has 2 aromatic carbocycles. The predicted molar refractivity (Wildman–Crippen MR) is 97.1 cm³/mol. The molecule has 0 saturated carbocycles. The first kappa shape index (κ1) is 17.8. The van der Waals surface area contributed by atoms with Gasteiger partial charge in [0.25, 0.3) is 11.8 Å². The molecule has 6 heteroatoms. The third kappa shape index (κ3) is 3.96. The molecule has 0 aromatic heterocycles. The van der Waals surface area contributed by atoms with Crippen LogP contribution in [0.15, 0.2) is 42.5 Å². The minimum Gasteiger partial charge on any atom is -0.483 e. The third-order valence-corrected chi connectivity index (χ3v) is 4.12. The Hall–Kier alpha value is -3.02. The van der Waals surface area contributed by atoms with Gasteiger partial charge in [0, 0.05) is 17.5 Å². The number of para-hydroxylation sites is 1. The summed E-state index contributed by atoms with van der Waals surface area (Å²) in [6.07, 6.45) is 0.790. The van der Waals surface area contributed by atoms with Crippen molar-refractivity contribution in [1.29, 1.82) is 0 Å². The lowest BCUT2D eigenvalue weighted by Crippen LogP contribution is -2.44. The van der Waals surface area contributed by atoms with Crippen molar-refractivity contribution in [3.8, 4) is 11.5 Å². The number of fused-ring (bicyclic) bond motifs is 1. The van der Waals surface area contributed by atoms with Crippen LogP contribution in [0.1, 0.15) is 35.3 Å². The van der Waals surface area contributed by atoms with Gasteiger partial charge in [0.2, 0.25) is 0 Å². The Bertz CT molecular complexity index is 845. The predicted octanol–water partition coefficient (Wildman–Crippen LogP) is 2.55. The summed E-state index contributed by atoms with van der Waals surface area (Å²) in [6.45, 7) is 5.61. The van der Waals surface area contributed by atoms with Crippen molar-refractivity contribution in [3.63, 3.8) is 0 Å². The van der Waals surface area contributed by atoms with Crippen LogP contribution in [-0.2, 0) is 11.2 Å². The first-order chi connectivity index (χ1) is 12.4. The highest BCUT2D eigenvalue weighted by Gasteiger charge is 2.32. The van der Waals surface area contributed by atoms with Gasteiger partial charge in [-0.15, -0.1) is 0 Å². The molecule has 1 aliphatic heterocycles. The number of nitrogens with one attached hydrogen (secondary N) is 2. The molecule has 0 fully saturated rings. The van der Waals surface area contributed by atoms with Crippen molar-refractivity contribution < 1.29 is 19.1 Å².